The van der Waals surface area contributed by atoms with Gasteiger partial charge in [0.05, 0.1) is 11.4 Å². The highest BCUT2D eigenvalue weighted by Gasteiger charge is 2.19. The summed E-state index contributed by atoms with van der Waals surface area (Å²) in [6.07, 6.45) is 0. The summed E-state index contributed by atoms with van der Waals surface area (Å²) in [5.41, 5.74) is 1.84. The average molecular weight is 457 g/mol. The number of nitrogens with zero attached hydrogens (tertiary/aromatic N) is 2. The number of benzene rings is 2. The Morgan fingerprint density at radius 1 is 1.13 bits per heavy atom. The van der Waals surface area contributed by atoms with Gasteiger partial charge in [0.2, 0.25) is 11.0 Å². The van der Waals surface area contributed by atoms with Gasteiger partial charge in [-0.3, -0.25) is 9.59 Å². The molecule has 10 heteroatoms. The normalized spacial score (nSPS) is 10.9. The summed E-state index contributed by atoms with van der Waals surface area (Å²) in [5, 5.41) is 15.3. The SMILES string of the molecule is CC(=O)c1oc2ccccc2c1NC(=O)CSc1nnc(NCc2ccc(F)cc2)s1. The van der Waals surface area contributed by atoms with Crippen LogP contribution in [-0.4, -0.2) is 27.6 Å². The Hall–Kier alpha value is -3.24. The Labute approximate surface area is 185 Å². The summed E-state index contributed by atoms with van der Waals surface area (Å²) in [5.74, 6) is -0.600. The van der Waals surface area contributed by atoms with Gasteiger partial charge in [0.15, 0.2) is 15.9 Å². The van der Waals surface area contributed by atoms with Crippen molar-refractivity contribution in [2.75, 3.05) is 16.4 Å². The summed E-state index contributed by atoms with van der Waals surface area (Å²) in [4.78, 5) is 24.4. The van der Waals surface area contributed by atoms with Crippen LogP contribution in [0.25, 0.3) is 11.0 Å². The molecule has 0 spiro atoms. The predicted octanol–water partition coefficient (Wildman–Crippen LogP) is 4.97. The summed E-state index contributed by atoms with van der Waals surface area (Å²) >= 11 is 2.56. The number of hydrogen-bond acceptors (Lipinski definition) is 8. The quantitative estimate of drug-likeness (QED) is 0.285. The second-order valence-corrected chi connectivity index (χ2v) is 8.75. The fourth-order valence-electron chi connectivity index (χ4n) is 2.84. The first-order valence-corrected chi connectivity index (χ1v) is 11.1. The number of para-hydroxylation sites is 1. The number of furan rings is 1. The average Bonchev–Trinajstić information content (AvgIpc) is 3.37. The number of rotatable bonds is 8. The van der Waals surface area contributed by atoms with Gasteiger partial charge < -0.3 is 15.1 Å². The Morgan fingerprint density at radius 2 is 1.90 bits per heavy atom. The lowest BCUT2D eigenvalue weighted by atomic mass is 10.2. The molecule has 0 fully saturated rings. The molecule has 1 amide bonds. The maximum Gasteiger partial charge on any atom is 0.234 e. The van der Waals surface area contributed by atoms with Gasteiger partial charge in [-0.2, -0.15) is 0 Å². The highest BCUT2D eigenvalue weighted by atomic mass is 32.2. The van der Waals surface area contributed by atoms with Crippen LogP contribution < -0.4 is 10.6 Å². The fourth-order valence-corrected chi connectivity index (χ4v) is 4.39. The maximum absolute atomic E-state index is 13.0. The summed E-state index contributed by atoms with van der Waals surface area (Å²) in [7, 11) is 0. The standard InChI is InChI=1S/C21H17FN4O3S2/c1-12(27)19-18(15-4-2-3-5-16(15)29-19)24-17(28)11-30-21-26-25-20(31-21)23-10-13-6-8-14(22)9-7-13/h2-9H,10-11H2,1H3,(H,23,25)(H,24,28). The topological polar surface area (TPSA) is 97.1 Å². The van der Waals surface area contributed by atoms with E-state index in [4.69, 9.17) is 4.42 Å². The van der Waals surface area contributed by atoms with Crippen LogP contribution in [0.4, 0.5) is 15.2 Å². The Morgan fingerprint density at radius 3 is 2.68 bits per heavy atom. The molecule has 2 aromatic carbocycles. The van der Waals surface area contributed by atoms with Crippen molar-refractivity contribution in [3.63, 3.8) is 0 Å². The molecule has 2 aromatic heterocycles. The minimum atomic E-state index is -0.282. The van der Waals surface area contributed by atoms with Gasteiger partial charge in [-0.15, -0.1) is 10.2 Å². The van der Waals surface area contributed by atoms with Crippen molar-refractivity contribution in [3.8, 4) is 0 Å². The molecule has 0 saturated heterocycles. The first-order chi connectivity index (χ1) is 15.0. The number of thioether (sulfide) groups is 1. The van der Waals surface area contributed by atoms with E-state index >= 15 is 0 Å². The molecule has 4 aromatic rings. The van der Waals surface area contributed by atoms with E-state index in [1.54, 1.807) is 30.3 Å². The lowest BCUT2D eigenvalue weighted by molar-refractivity contribution is -0.113. The van der Waals surface area contributed by atoms with Crippen molar-refractivity contribution in [2.24, 2.45) is 0 Å². The van der Waals surface area contributed by atoms with Crippen LogP contribution in [0.1, 0.15) is 23.0 Å². The van der Waals surface area contributed by atoms with Gasteiger partial charge >= 0.3 is 0 Å². The van der Waals surface area contributed by atoms with Crippen LogP contribution in [0.5, 0.6) is 0 Å². The van der Waals surface area contributed by atoms with Crippen molar-refractivity contribution in [1.29, 1.82) is 0 Å². The number of halogens is 1. The van der Waals surface area contributed by atoms with Crippen molar-refractivity contribution in [3.05, 3.63) is 65.7 Å². The monoisotopic (exact) mass is 456 g/mol. The first-order valence-electron chi connectivity index (χ1n) is 9.26. The van der Waals surface area contributed by atoms with E-state index in [2.05, 4.69) is 20.8 Å². The van der Waals surface area contributed by atoms with Crippen LogP contribution in [0.15, 0.2) is 57.3 Å². The number of carbonyl (C=O) groups excluding carboxylic acids is 2. The Balaban J connectivity index is 1.34. The maximum atomic E-state index is 13.0. The molecule has 7 nitrogen and oxygen atoms in total. The van der Waals surface area contributed by atoms with Crippen molar-refractivity contribution in [1.82, 2.24) is 10.2 Å². The summed E-state index contributed by atoms with van der Waals surface area (Å²) in [6, 6.07) is 13.3. The number of ketones is 1. The number of fused-ring (bicyclic) bond motifs is 1. The smallest absolute Gasteiger partial charge is 0.234 e. The lowest BCUT2D eigenvalue weighted by Gasteiger charge is -2.04. The van der Waals surface area contributed by atoms with E-state index in [0.717, 1.165) is 5.56 Å². The van der Waals surface area contributed by atoms with Crippen LogP contribution in [0, 0.1) is 5.82 Å². The number of hydrogen-bond donors (Lipinski definition) is 2. The molecule has 2 N–H and O–H groups in total. The molecule has 31 heavy (non-hydrogen) atoms. The second kappa shape index (κ2) is 9.27. The minimum absolute atomic E-state index is 0.101. The van der Waals surface area contributed by atoms with E-state index in [0.29, 0.717) is 32.7 Å². The fraction of sp³-hybridized carbons (Fsp3) is 0.143. The van der Waals surface area contributed by atoms with Gasteiger partial charge in [0.25, 0.3) is 0 Å². The van der Waals surface area contributed by atoms with Gasteiger partial charge in [0.1, 0.15) is 11.4 Å². The van der Waals surface area contributed by atoms with Crippen molar-refractivity contribution < 1.29 is 18.4 Å². The molecule has 0 aliphatic carbocycles. The van der Waals surface area contributed by atoms with Crippen LogP contribution in [0.2, 0.25) is 0 Å². The molecule has 0 bridgehead atoms. The molecule has 0 unspecified atom stereocenters. The minimum Gasteiger partial charge on any atom is -0.451 e. The number of amides is 1. The molecular weight excluding hydrogens is 439 g/mol. The van der Waals surface area contributed by atoms with Crippen molar-refractivity contribution in [2.45, 2.75) is 17.8 Å². The number of anilines is 2. The van der Waals surface area contributed by atoms with Crippen molar-refractivity contribution >= 4 is 56.6 Å². The third-order valence-corrected chi connectivity index (χ3v) is 6.28. The Bertz CT molecular complexity index is 1240. The van der Waals surface area contributed by atoms with Gasteiger partial charge in [-0.05, 0) is 29.8 Å². The number of nitrogens with one attached hydrogen (secondary N) is 2. The highest BCUT2D eigenvalue weighted by molar-refractivity contribution is 8.01. The molecule has 2 heterocycles. The molecule has 0 saturated carbocycles. The third kappa shape index (κ3) is 5.09. The largest absolute Gasteiger partial charge is 0.451 e. The highest BCUT2D eigenvalue weighted by Crippen LogP contribution is 2.32. The zero-order valence-corrected chi connectivity index (χ0v) is 18.0. The van der Waals surface area contributed by atoms with Crippen LogP contribution >= 0.6 is 23.1 Å². The zero-order valence-electron chi connectivity index (χ0n) is 16.3. The van der Waals surface area contributed by atoms with Gasteiger partial charge in [-0.1, -0.05) is 47.4 Å². The van der Waals surface area contributed by atoms with Gasteiger partial charge in [-0.25, -0.2) is 4.39 Å². The second-order valence-electron chi connectivity index (χ2n) is 6.55. The molecule has 0 aliphatic rings. The third-order valence-electron chi connectivity index (χ3n) is 4.27. The van der Waals surface area contributed by atoms with E-state index in [-0.39, 0.29) is 29.0 Å². The first kappa shape index (κ1) is 21.0. The molecule has 158 valence electrons. The number of aromatic nitrogens is 2. The van der Waals surface area contributed by atoms with E-state index in [1.807, 2.05) is 6.07 Å². The zero-order chi connectivity index (χ0) is 21.8. The Kier molecular flexibility index (Phi) is 6.28. The van der Waals surface area contributed by atoms with E-state index in [9.17, 15) is 14.0 Å². The van der Waals surface area contributed by atoms with Crippen LogP contribution in [0.3, 0.4) is 0 Å². The van der Waals surface area contributed by atoms with Gasteiger partial charge in [0, 0.05) is 18.9 Å². The number of carbonyl (C=O) groups is 2. The van der Waals surface area contributed by atoms with E-state index < -0.39 is 0 Å². The lowest BCUT2D eigenvalue weighted by Crippen LogP contribution is -2.15. The predicted molar refractivity (Wildman–Crippen MR) is 119 cm³/mol. The molecule has 4 rings (SSSR count). The van der Waals surface area contributed by atoms with E-state index in [1.165, 1.54) is 42.2 Å². The molecule has 0 aliphatic heterocycles. The molecule has 0 radical (unpaired) electrons. The summed E-state index contributed by atoms with van der Waals surface area (Å²) < 4.78 is 19.2. The van der Waals surface area contributed by atoms with Crippen LogP contribution in [-0.2, 0) is 11.3 Å². The molecule has 0 atom stereocenters. The molecular formula is C21H17FN4O3S2. The summed E-state index contributed by atoms with van der Waals surface area (Å²) in [6.45, 7) is 1.88. The number of Topliss-reactive ketones (excluding diaryl/α,β-unsaturated/α-hetero) is 1.